The number of carbonyl (C=O) groups is 2. The van der Waals surface area contributed by atoms with Gasteiger partial charge in [0.05, 0.1) is 4.90 Å². The Morgan fingerprint density at radius 3 is 2.54 bits per heavy atom. The molecule has 2 N–H and O–H groups in total. The van der Waals surface area contributed by atoms with Crippen LogP contribution in [0.4, 0.5) is 5.69 Å². The number of aliphatic carboxylic acids is 1. The van der Waals surface area contributed by atoms with E-state index in [1.807, 2.05) is 6.26 Å². The fourth-order valence-corrected chi connectivity index (χ4v) is 4.15. The first-order valence-electron chi connectivity index (χ1n) is 7.49. The molecule has 1 heterocycles. The predicted molar refractivity (Wildman–Crippen MR) is 92.8 cm³/mol. The van der Waals surface area contributed by atoms with E-state index in [4.69, 9.17) is 5.11 Å². The zero-order valence-corrected chi connectivity index (χ0v) is 14.9. The molecule has 2 rings (SSSR count). The van der Waals surface area contributed by atoms with E-state index in [9.17, 15) is 18.0 Å². The van der Waals surface area contributed by atoms with Gasteiger partial charge in [-0.1, -0.05) is 0 Å². The number of carboxylic acid groups (broad SMARTS) is 1. The molecule has 1 aliphatic heterocycles. The summed E-state index contributed by atoms with van der Waals surface area (Å²) in [6.45, 7) is 0.624. The van der Waals surface area contributed by atoms with E-state index in [2.05, 4.69) is 4.72 Å². The minimum absolute atomic E-state index is 0.0201. The van der Waals surface area contributed by atoms with Crippen LogP contribution in [0.25, 0.3) is 0 Å². The van der Waals surface area contributed by atoms with Crippen molar-refractivity contribution < 1.29 is 23.1 Å². The molecule has 24 heavy (non-hydrogen) atoms. The van der Waals surface area contributed by atoms with Crippen LogP contribution in [0.1, 0.15) is 19.3 Å². The number of nitrogens with zero attached hydrogens (tertiary/aromatic N) is 1. The summed E-state index contributed by atoms with van der Waals surface area (Å²) in [6, 6.07) is 4.74. The lowest BCUT2D eigenvalue weighted by molar-refractivity contribution is -0.139. The van der Waals surface area contributed by atoms with Crippen molar-refractivity contribution in [2.75, 3.05) is 23.5 Å². The van der Waals surface area contributed by atoms with Crippen molar-refractivity contribution in [1.29, 1.82) is 0 Å². The van der Waals surface area contributed by atoms with Gasteiger partial charge in [-0.25, -0.2) is 8.42 Å². The Kier molecular flexibility index (Phi) is 6.25. The van der Waals surface area contributed by atoms with Crippen LogP contribution in [0.3, 0.4) is 0 Å². The molecule has 1 amide bonds. The van der Waals surface area contributed by atoms with Crippen molar-refractivity contribution in [3.63, 3.8) is 0 Å². The van der Waals surface area contributed by atoms with Gasteiger partial charge in [0.25, 0.3) is 0 Å². The maximum atomic E-state index is 12.3. The molecule has 1 saturated heterocycles. The van der Waals surface area contributed by atoms with Crippen molar-refractivity contribution in [1.82, 2.24) is 4.72 Å². The summed E-state index contributed by atoms with van der Waals surface area (Å²) < 4.78 is 26.9. The lowest BCUT2D eigenvalue weighted by atomic mass is 10.2. The zero-order valence-electron chi connectivity index (χ0n) is 13.3. The average molecular weight is 372 g/mol. The standard InChI is InChI=1S/C15H20N2O5S2/c1-23-10-8-13(15(19)20)16-24(21,22)12-6-4-11(5-7-12)17-9-2-3-14(17)18/h4-7,13,16H,2-3,8-10H2,1H3,(H,19,20)/t13-/m0/s1. The number of hydrogen-bond donors (Lipinski definition) is 2. The number of benzene rings is 1. The Bertz CT molecular complexity index is 703. The van der Waals surface area contributed by atoms with Gasteiger partial charge in [0.1, 0.15) is 6.04 Å². The first-order valence-corrected chi connectivity index (χ1v) is 10.4. The van der Waals surface area contributed by atoms with E-state index in [0.717, 1.165) is 6.42 Å². The third-order valence-electron chi connectivity index (χ3n) is 3.74. The maximum absolute atomic E-state index is 12.3. The van der Waals surface area contributed by atoms with Crippen molar-refractivity contribution in [2.24, 2.45) is 0 Å². The van der Waals surface area contributed by atoms with E-state index in [-0.39, 0.29) is 17.2 Å². The number of thioether (sulfide) groups is 1. The van der Waals surface area contributed by atoms with Crippen LogP contribution in [0, 0.1) is 0 Å². The summed E-state index contributed by atoms with van der Waals surface area (Å²) in [5.41, 5.74) is 0.647. The van der Waals surface area contributed by atoms with Crippen LogP contribution in [0.15, 0.2) is 29.2 Å². The first kappa shape index (κ1) is 18.8. The van der Waals surface area contributed by atoms with E-state index in [1.54, 1.807) is 17.0 Å². The Labute approximate surface area is 145 Å². The molecule has 0 aromatic heterocycles. The van der Waals surface area contributed by atoms with Gasteiger partial charge in [0.2, 0.25) is 15.9 Å². The molecule has 1 aliphatic rings. The number of nitrogens with one attached hydrogen (secondary N) is 1. The van der Waals surface area contributed by atoms with Gasteiger partial charge < -0.3 is 10.0 Å². The highest BCUT2D eigenvalue weighted by molar-refractivity contribution is 7.98. The fraction of sp³-hybridized carbons (Fsp3) is 0.467. The summed E-state index contributed by atoms with van der Waals surface area (Å²) in [4.78, 5) is 24.5. The van der Waals surface area contributed by atoms with Gasteiger partial charge in [-0.2, -0.15) is 16.5 Å². The Hall–Kier alpha value is -1.58. The molecule has 0 aliphatic carbocycles. The second kappa shape index (κ2) is 8.00. The highest BCUT2D eigenvalue weighted by atomic mass is 32.2. The molecule has 0 bridgehead atoms. The third kappa shape index (κ3) is 4.49. The van der Waals surface area contributed by atoms with Crippen LogP contribution in [0.2, 0.25) is 0 Å². The van der Waals surface area contributed by atoms with Gasteiger partial charge in [0.15, 0.2) is 0 Å². The quantitative estimate of drug-likeness (QED) is 0.713. The number of hydrogen-bond acceptors (Lipinski definition) is 5. The number of carboxylic acids is 1. The lowest BCUT2D eigenvalue weighted by Crippen LogP contribution is -2.41. The molecule has 1 aromatic carbocycles. The smallest absolute Gasteiger partial charge is 0.321 e. The largest absolute Gasteiger partial charge is 0.480 e. The Morgan fingerprint density at radius 2 is 2.04 bits per heavy atom. The average Bonchev–Trinajstić information content (AvgIpc) is 2.97. The molecular weight excluding hydrogens is 352 g/mol. The normalized spacial score (nSPS) is 16.4. The van der Waals surface area contributed by atoms with Crippen LogP contribution in [-0.2, 0) is 19.6 Å². The second-order valence-corrected chi connectivity index (χ2v) is 8.14. The van der Waals surface area contributed by atoms with Crippen LogP contribution in [0.5, 0.6) is 0 Å². The fourth-order valence-electron chi connectivity index (χ4n) is 2.45. The van der Waals surface area contributed by atoms with Crippen LogP contribution in [-0.4, -0.2) is 50.0 Å². The number of sulfonamides is 1. The minimum atomic E-state index is -3.93. The molecule has 1 aromatic rings. The molecule has 0 unspecified atom stereocenters. The number of carbonyl (C=O) groups excluding carboxylic acids is 1. The molecule has 132 valence electrons. The minimum Gasteiger partial charge on any atom is -0.480 e. The summed E-state index contributed by atoms with van der Waals surface area (Å²) in [7, 11) is -3.93. The molecule has 0 saturated carbocycles. The van der Waals surface area contributed by atoms with Gasteiger partial charge in [-0.15, -0.1) is 0 Å². The Morgan fingerprint density at radius 1 is 1.38 bits per heavy atom. The third-order valence-corrected chi connectivity index (χ3v) is 5.87. The maximum Gasteiger partial charge on any atom is 0.321 e. The molecule has 9 heteroatoms. The number of rotatable bonds is 8. The predicted octanol–water partition coefficient (Wildman–Crippen LogP) is 1.30. The summed E-state index contributed by atoms with van der Waals surface area (Å²) >= 11 is 1.45. The van der Waals surface area contributed by atoms with Crippen LogP contribution < -0.4 is 9.62 Å². The van der Waals surface area contributed by atoms with E-state index in [0.29, 0.717) is 24.4 Å². The second-order valence-electron chi connectivity index (χ2n) is 5.44. The molecule has 1 fully saturated rings. The Balaban J connectivity index is 2.13. The summed E-state index contributed by atoms with van der Waals surface area (Å²) in [5.74, 6) is -0.645. The topological polar surface area (TPSA) is 104 Å². The van der Waals surface area contributed by atoms with E-state index >= 15 is 0 Å². The molecule has 1 atom stereocenters. The van der Waals surface area contributed by atoms with Crippen molar-refractivity contribution in [2.45, 2.75) is 30.2 Å². The lowest BCUT2D eigenvalue weighted by Gasteiger charge is -2.17. The zero-order chi connectivity index (χ0) is 17.7. The van der Waals surface area contributed by atoms with Gasteiger partial charge in [-0.3, -0.25) is 9.59 Å². The molecule has 0 spiro atoms. The molecule has 0 radical (unpaired) electrons. The van der Waals surface area contributed by atoms with E-state index in [1.165, 1.54) is 23.9 Å². The SMILES string of the molecule is CSCC[C@H](NS(=O)(=O)c1ccc(N2CCCC2=O)cc1)C(=O)O. The van der Waals surface area contributed by atoms with Crippen LogP contribution >= 0.6 is 11.8 Å². The van der Waals surface area contributed by atoms with Gasteiger partial charge in [0, 0.05) is 18.7 Å². The monoisotopic (exact) mass is 372 g/mol. The number of amides is 1. The van der Waals surface area contributed by atoms with Gasteiger partial charge in [-0.05, 0) is 49.1 Å². The summed E-state index contributed by atoms with van der Waals surface area (Å²) in [5, 5.41) is 9.15. The van der Waals surface area contributed by atoms with Gasteiger partial charge >= 0.3 is 5.97 Å². The first-order chi connectivity index (χ1) is 11.3. The summed E-state index contributed by atoms with van der Waals surface area (Å²) in [6.07, 6.45) is 3.31. The number of anilines is 1. The van der Waals surface area contributed by atoms with E-state index < -0.39 is 22.0 Å². The molecular formula is C15H20N2O5S2. The van der Waals surface area contributed by atoms with Crippen molar-refractivity contribution in [3.8, 4) is 0 Å². The highest BCUT2D eigenvalue weighted by Crippen LogP contribution is 2.23. The highest BCUT2D eigenvalue weighted by Gasteiger charge is 2.26. The molecule has 7 nitrogen and oxygen atoms in total. The van der Waals surface area contributed by atoms with Crippen molar-refractivity contribution >= 4 is 39.3 Å². The van der Waals surface area contributed by atoms with Crippen molar-refractivity contribution in [3.05, 3.63) is 24.3 Å².